The highest BCUT2D eigenvalue weighted by Crippen LogP contribution is 2.35. The zero-order valence-corrected chi connectivity index (χ0v) is 13.2. The molecule has 0 aromatic carbocycles. The van der Waals surface area contributed by atoms with Gasteiger partial charge in [0, 0.05) is 19.6 Å². The highest BCUT2D eigenvalue weighted by atomic mass is 16.3. The first kappa shape index (κ1) is 16.9. The number of aliphatic hydroxyl groups excluding tert-OH is 1. The van der Waals surface area contributed by atoms with Crippen molar-refractivity contribution in [3.63, 3.8) is 0 Å². The Kier molecular flexibility index (Phi) is 7.96. The van der Waals surface area contributed by atoms with Crippen molar-refractivity contribution < 1.29 is 5.11 Å². The zero-order chi connectivity index (χ0) is 14.1. The molecule has 0 amide bonds. The second-order valence-electron chi connectivity index (χ2n) is 6.64. The molecule has 2 N–H and O–H groups in total. The minimum Gasteiger partial charge on any atom is -0.392 e. The van der Waals surface area contributed by atoms with Crippen LogP contribution >= 0.6 is 0 Å². The molecular formula is C16H34N2O. The molecular weight excluding hydrogens is 236 g/mol. The molecule has 1 aliphatic carbocycles. The largest absolute Gasteiger partial charge is 0.392 e. The number of hydrogen-bond donors (Lipinski definition) is 2. The van der Waals surface area contributed by atoms with Crippen molar-refractivity contribution >= 4 is 0 Å². The van der Waals surface area contributed by atoms with Gasteiger partial charge in [0.05, 0.1) is 6.10 Å². The molecule has 1 saturated carbocycles. The first-order valence-electron chi connectivity index (χ1n) is 8.15. The smallest absolute Gasteiger partial charge is 0.0638 e. The number of nitrogens with one attached hydrogen (secondary N) is 1. The molecule has 1 atom stereocenters. The predicted molar refractivity (Wildman–Crippen MR) is 82.5 cm³/mol. The van der Waals surface area contributed by atoms with E-state index in [0.29, 0.717) is 5.41 Å². The van der Waals surface area contributed by atoms with Crippen LogP contribution in [-0.2, 0) is 0 Å². The van der Waals surface area contributed by atoms with Crippen LogP contribution in [0.1, 0.15) is 58.8 Å². The third kappa shape index (κ3) is 6.73. The lowest BCUT2D eigenvalue weighted by Gasteiger charge is -2.37. The average Bonchev–Trinajstić information content (AvgIpc) is 2.54. The van der Waals surface area contributed by atoms with Gasteiger partial charge in [0.15, 0.2) is 0 Å². The van der Waals surface area contributed by atoms with Crippen molar-refractivity contribution in [1.82, 2.24) is 10.2 Å². The summed E-state index contributed by atoms with van der Waals surface area (Å²) in [6, 6.07) is 0. The minimum atomic E-state index is -0.226. The van der Waals surface area contributed by atoms with Gasteiger partial charge < -0.3 is 15.3 Å². The fraction of sp³-hybridized carbons (Fsp3) is 1.00. The van der Waals surface area contributed by atoms with Gasteiger partial charge in [0.25, 0.3) is 0 Å². The van der Waals surface area contributed by atoms with E-state index < -0.39 is 0 Å². The van der Waals surface area contributed by atoms with Crippen molar-refractivity contribution in [2.45, 2.75) is 64.9 Å². The Morgan fingerprint density at radius 3 is 2.37 bits per heavy atom. The summed E-state index contributed by atoms with van der Waals surface area (Å²) in [6.45, 7) is 8.29. The van der Waals surface area contributed by atoms with Crippen LogP contribution in [-0.4, -0.2) is 49.3 Å². The molecule has 3 heteroatoms. The number of rotatable bonds is 8. The maximum absolute atomic E-state index is 9.55. The van der Waals surface area contributed by atoms with Crippen LogP contribution in [0.25, 0.3) is 0 Å². The number of nitrogens with zero attached hydrogens (tertiary/aromatic N) is 1. The Balaban J connectivity index is 2.56. The van der Waals surface area contributed by atoms with Crippen LogP contribution in [0.5, 0.6) is 0 Å². The number of likely N-dealkylation sites (N-methyl/N-ethyl adjacent to an activating group) is 1. The topological polar surface area (TPSA) is 35.5 Å². The number of aliphatic hydroxyl groups is 1. The molecule has 0 saturated heterocycles. The molecule has 0 aromatic rings. The van der Waals surface area contributed by atoms with E-state index in [1.807, 2.05) is 6.92 Å². The van der Waals surface area contributed by atoms with Gasteiger partial charge in [0.2, 0.25) is 0 Å². The molecule has 1 unspecified atom stereocenters. The third-order valence-electron chi connectivity index (χ3n) is 4.27. The van der Waals surface area contributed by atoms with Gasteiger partial charge in [-0.1, -0.05) is 32.6 Å². The van der Waals surface area contributed by atoms with Gasteiger partial charge in [-0.05, 0) is 45.2 Å². The molecule has 0 spiro atoms. The van der Waals surface area contributed by atoms with E-state index in [1.165, 1.54) is 44.9 Å². The molecule has 3 nitrogen and oxygen atoms in total. The quantitative estimate of drug-likeness (QED) is 0.526. The van der Waals surface area contributed by atoms with Gasteiger partial charge >= 0.3 is 0 Å². The molecule has 114 valence electrons. The molecule has 0 aliphatic heterocycles. The normalized spacial score (nSPS) is 21.3. The summed E-state index contributed by atoms with van der Waals surface area (Å²) in [7, 11) is 2.15. The zero-order valence-electron chi connectivity index (χ0n) is 13.2. The lowest BCUT2D eigenvalue weighted by atomic mass is 9.79. The standard InChI is InChI=1S/C16H34N2O/c1-4-11-17-13-16(9-7-5-6-8-10-16)14-18(3)12-15(2)19/h15,17,19H,4-14H2,1-3H3. The average molecular weight is 270 g/mol. The van der Waals surface area contributed by atoms with Gasteiger partial charge in [-0.2, -0.15) is 0 Å². The Morgan fingerprint density at radius 2 is 1.84 bits per heavy atom. The van der Waals surface area contributed by atoms with E-state index in [9.17, 15) is 5.11 Å². The maximum atomic E-state index is 9.55. The van der Waals surface area contributed by atoms with E-state index in [0.717, 1.165) is 26.2 Å². The van der Waals surface area contributed by atoms with Crippen LogP contribution in [0, 0.1) is 5.41 Å². The number of hydrogen-bond acceptors (Lipinski definition) is 3. The van der Waals surface area contributed by atoms with E-state index in [4.69, 9.17) is 0 Å². The van der Waals surface area contributed by atoms with Crippen molar-refractivity contribution in [2.24, 2.45) is 5.41 Å². The Labute approximate surface area is 119 Å². The van der Waals surface area contributed by atoms with Crippen molar-refractivity contribution in [3.8, 4) is 0 Å². The highest BCUT2D eigenvalue weighted by molar-refractivity contribution is 4.86. The van der Waals surface area contributed by atoms with Crippen LogP contribution < -0.4 is 5.32 Å². The van der Waals surface area contributed by atoms with Gasteiger partial charge in [0.1, 0.15) is 0 Å². The van der Waals surface area contributed by atoms with Crippen LogP contribution in [0.3, 0.4) is 0 Å². The Morgan fingerprint density at radius 1 is 1.21 bits per heavy atom. The summed E-state index contributed by atoms with van der Waals surface area (Å²) in [5, 5.41) is 13.2. The summed E-state index contributed by atoms with van der Waals surface area (Å²) < 4.78 is 0. The second kappa shape index (κ2) is 8.93. The fourth-order valence-electron chi connectivity index (χ4n) is 3.49. The third-order valence-corrected chi connectivity index (χ3v) is 4.27. The first-order valence-corrected chi connectivity index (χ1v) is 8.15. The first-order chi connectivity index (χ1) is 9.08. The van der Waals surface area contributed by atoms with Crippen LogP contribution in [0.4, 0.5) is 0 Å². The lowest BCUT2D eigenvalue weighted by Crippen LogP contribution is -2.44. The van der Waals surface area contributed by atoms with Crippen molar-refractivity contribution in [3.05, 3.63) is 0 Å². The van der Waals surface area contributed by atoms with E-state index in [-0.39, 0.29) is 6.10 Å². The van der Waals surface area contributed by atoms with E-state index in [2.05, 4.69) is 24.2 Å². The second-order valence-corrected chi connectivity index (χ2v) is 6.64. The molecule has 0 bridgehead atoms. The SMILES string of the molecule is CCCNCC1(CN(C)CC(C)O)CCCCCC1. The van der Waals surface area contributed by atoms with Gasteiger partial charge in [-0.3, -0.25) is 0 Å². The molecule has 0 heterocycles. The highest BCUT2D eigenvalue weighted by Gasteiger charge is 2.31. The summed E-state index contributed by atoms with van der Waals surface area (Å²) in [5.41, 5.74) is 0.426. The fourth-order valence-corrected chi connectivity index (χ4v) is 3.49. The summed E-state index contributed by atoms with van der Waals surface area (Å²) in [6.07, 6.45) is 9.20. The molecule has 0 radical (unpaired) electrons. The van der Waals surface area contributed by atoms with E-state index >= 15 is 0 Å². The monoisotopic (exact) mass is 270 g/mol. The van der Waals surface area contributed by atoms with Crippen LogP contribution in [0.15, 0.2) is 0 Å². The van der Waals surface area contributed by atoms with Crippen molar-refractivity contribution in [1.29, 1.82) is 0 Å². The Bertz CT molecular complexity index is 223. The maximum Gasteiger partial charge on any atom is 0.0638 e. The molecule has 0 aromatic heterocycles. The summed E-state index contributed by atoms with van der Waals surface area (Å²) >= 11 is 0. The predicted octanol–water partition coefficient (Wildman–Crippen LogP) is 2.64. The van der Waals surface area contributed by atoms with E-state index in [1.54, 1.807) is 0 Å². The Hall–Kier alpha value is -0.120. The summed E-state index contributed by atoms with van der Waals surface area (Å²) in [5.74, 6) is 0. The van der Waals surface area contributed by atoms with Gasteiger partial charge in [-0.25, -0.2) is 0 Å². The molecule has 1 rings (SSSR count). The minimum absolute atomic E-state index is 0.226. The van der Waals surface area contributed by atoms with Gasteiger partial charge in [-0.15, -0.1) is 0 Å². The molecule has 19 heavy (non-hydrogen) atoms. The van der Waals surface area contributed by atoms with Crippen LogP contribution in [0.2, 0.25) is 0 Å². The summed E-state index contributed by atoms with van der Waals surface area (Å²) in [4.78, 5) is 2.32. The lowest BCUT2D eigenvalue weighted by molar-refractivity contribution is 0.0949. The van der Waals surface area contributed by atoms with Crippen molar-refractivity contribution in [2.75, 3.05) is 33.2 Å². The molecule has 1 aliphatic rings. The molecule has 1 fully saturated rings.